The lowest BCUT2D eigenvalue weighted by Gasteiger charge is -2.01. The first-order valence-corrected chi connectivity index (χ1v) is 6.73. The molecule has 0 amide bonds. The fourth-order valence-corrected chi connectivity index (χ4v) is 1.94. The fourth-order valence-electron chi connectivity index (χ4n) is 1.94. The summed E-state index contributed by atoms with van der Waals surface area (Å²) in [5.41, 5.74) is 2.62. The van der Waals surface area contributed by atoms with Crippen LogP contribution in [0.25, 0.3) is 6.08 Å². The van der Waals surface area contributed by atoms with Crippen molar-refractivity contribution in [3.63, 3.8) is 0 Å². The maximum absolute atomic E-state index is 3.85. The lowest BCUT2D eigenvalue weighted by atomic mass is 10.0. The highest BCUT2D eigenvalue weighted by Crippen LogP contribution is 2.11. The first-order chi connectivity index (χ1) is 8.38. The van der Waals surface area contributed by atoms with E-state index in [1.165, 1.54) is 43.2 Å². The van der Waals surface area contributed by atoms with E-state index in [-0.39, 0.29) is 0 Å². The highest BCUT2D eigenvalue weighted by molar-refractivity contribution is 5.52. The van der Waals surface area contributed by atoms with Gasteiger partial charge in [-0.2, -0.15) is 0 Å². The summed E-state index contributed by atoms with van der Waals surface area (Å²) < 4.78 is 0. The molecular formula is C17H24. The zero-order chi connectivity index (χ0) is 12.3. The molecule has 0 heterocycles. The quantitative estimate of drug-likeness (QED) is 0.413. The molecule has 1 rings (SSSR count). The molecule has 0 aromatic heterocycles. The minimum Gasteiger partial charge on any atom is -0.0985 e. The van der Waals surface area contributed by atoms with Crippen LogP contribution in [0, 0.1) is 0 Å². The molecule has 0 saturated carbocycles. The second-order valence-electron chi connectivity index (χ2n) is 4.43. The second kappa shape index (κ2) is 8.81. The monoisotopic (exact) mass is 228 g/mol. The zero-order valence-electron chi connectivity index (χ0n) is 11.0. The Labute approximate surface area is 106 Å². The fraction of sp³-hybridized carbons (Fsp3) is 0.412. The predicted molar refractivity (Wildman–Crippen MR) is 78.1 cm³/mol. The first kappa shape index (κ1) is 13.8. The first-order valence-electron chi connectivity index (χ1n) is 6.73. The van der Waals surface area contributed by atoms with Crippen LogP contribution in [0.4, 0.5) is 0 Å². The lowest BCUT2D eigenvalue weighted by Crippen LogP contribution is -1.85. The van der Waals surface area contributed by atoms with Crippen LogP contribution in [0.2, 0.25) is 0 Å². The Morgan fingerprint density at radius 2 is 1.88 bits per heavy atom. The minimum atomic E-state index is 1.02. The molecule has 0 saturated heterocycles. The van der Waals surface area contributed by atoms with E-state index in [9.17, 15) is 0 Å². The molecule has 0 aliphatic carbocycles. The molecule has 0 fully saturated rings. The minimum absolute atomic E-state index is 1.02. The summed E-state index contributed by atoms with van der Waals surface area (Å²) in [6, 6.07) is 8.46. The van der Waals surface area contributed by atoms with E-state index in [0.717, 1.165) is 6.42 Å². The van der Waals surface area contributed by atoms with Gasteiger partial charge in [-0.3, -0.25) is 0 Å². The Balaban J connectivity index is 2.29. The van der Waals surface area contributed by atoms with Crippen molar-refractivity contribution in [2.24, 2.45) is 0 Å². The molecule has 0 aliphatic heterocycles. The SMILES string of the molecule is C=Cc1ccccc1CC=CCCCCCC. The molecule has 0 radical (unpaired) electrons. The third-order valence-corrected chi connectivity index (χ3v) is 3.00. The third kappa shape index (κ3) is 5.53. The highest BCUT2D eigenvalue weighted by atomic mass is 14.0. The van der Waals surface area contributed by atoms with E-state index < -0.39 is 0 Å². The molecule has 1 aromatic carbocycles. The molecule has 17 heavy (non-hydrogen) atoms. The van der Waals surface area contributed by atoms with Crippen LogP contribution in [-0.2, 0) is 6.42 Å². The molecule has 0 heteroatoms. The summed E-state index contributed by atoms with van der Waals surface area (Å²) in [4.78, 5) is 0. The Kier molecular flexibility index (Phi) is 7.13. The van der Waals surface area contributed by atoms with Crippen molar-refractivity contribution in [2.75, 3.05) is 0 Å². The molecule has 0 nitrogen and oxygen atoms in total. The van der Waals surface area contributed by atoms with Gasteiger partial charge in [0.25, 0.3) is 0 Å². The van der Waals surface area contributed by atoms with Crippen molar-refractivity contribution >= 4 is 6.08 Å². The molecule has 0 unspecified atom stereocenters. The number of unbranched alkanes of at least 4 members (excludes halogenated alkanes) is 4. The lowest BCUT2D eigenvalue weighted by molar-refractivity contribution is 0.674. The Morgan fingerprint density at radius 1 is 1.06 bits per heavy atom. The number of benzene rings is 1. The number of hydrogen-bond acceptors (Lipinski definition) is 0. The van der Waals surface area contributed by atoms with Gasteiger partial charge < -0.3 is 0 Å². The van der Waals surface area contributed by atoms with Crippen molar-refractivity contribution in [1.29, 1.82) is 0 Å². The number of allylic oxidation sites excluding steroid dienone is 2. The van der Waals surface area contributed by atoms with Crippen molar-refractivity contribution in [2.45, 2.75) is 45.4 Å². The average molecular weight is 228 g/mol. The van der Waals surface area contributed by atoms with Crippen LogP contribution in [0.5, 0.6) is 0 Å². The number of rotatable bonds is 8. The van der Waals surface area contributed by atoms with Gasteiger partial charge in [-0.25, -0.2) is 0 Å². The molecule has 1 aromatic rings. The van der Waals surface area contributed by atoms with E-state index in [1.807, 2.05) is 6.08 Å². The van der Waals surface area contributed by atoms with Gasteiger partial charge in [-0.15, -0.1) is 0 Å². The van der Waals surface area contributed by atoms with Gasteiger partial charge in [0.15, 0.2) is 0 Å². The molecule has 0 atom stereocenters. The molecule has 0 bridgehead atoms. The smallest absolute Gasteiger partial charge is 0.00915 e. The Morgan fingerprint density at radius 3 is 2.65 bits per heavy atom. The molecule has 92 valence electrons. The van der Waals surface area contributed by atoms with Crippen molar-refractivity contribution in [1.82, 2.24) is 0 Å². The molecule has 0 aliphatic rings. The topological polar surface area (TPSA) is 0 Å². The summed E-state index contributed by atoms with van der Waals surface area (Å²) in [7, 11) is 0. The van der Waals surface area contributed by atoms with Gasteiger partial charge in [-0.05, 0) is 30.4 Å². The van der Waals surface area contributed by atoms with Crippen LogP contribution < -0.4 is 0 Å². The molecular weight excluding hydrogens is 204 g/mol. The summed E-state index contributed by atoms with van der Waals surface area (Å²) in [6.45, 7) is 6.10. The maximum Gasteiger partial charge on any atom is -0.00915 e. The Hall–Kier alpha value is -1.30. The zero-order valence-corrected chi connectivity index (χ0v) is 11.0. The molecule has 0 spiro atoms. The average Bonchev–Trinajstić information content (AvgIpc) is 2.38. The summed E-state index contributed by atoms with van der Waals surface area (Å²) in [6.07, 6.45) is 14.2. The second-order valence-corrected chi connectivity index (χ2v) is 4.43. The third-order valence-electron chi connectivity index (χ3n) is 3.00. The van der Waals surface area contributed by atoms with Gasteiger partial charge in [0.1, 0.15) is 0 Å². The number of hydrogen-bond donors (Lipinski definition) is 0. The standard InChI is InChI=1S/C17H24/c1-3-5-6-7-8-9-10-14-17-15-12-11-13-16(17)4-2/h4,9-13,15H,2-3,5-8,14H2,1H3. The van der Waals surface area contributed by atoms with Gasteiger partial charge in [-0.1, -0.05) is 75.3 Å². The predicted octanol–water partition coefficient (Wildman–Crippen LogP) is 5.40. The maximum atomic E-state index is 3.85. The van der Waals surface area contributed by atoms with Crippen LogP contribution in [-0.4, -0.2) is 0 Å². The van der Waals surface area contributed by atoms with Gasteiger partial charge in [0.05, 0.1) is 0 Å². The van der Waals surface area contributed by atoms with Crippen molar-refractivity contribution < 1.29 is 0 Å². The van der Waals surface area contributed by atoms with E-state index in [2.05, 4.69) is 49.9 Å². The highest BCUT2D eigenvalue weighted by Gasteiger charge is 1.94. The van der Waals surface area contributed by atoms with Crippen LogP contribution in [0.15, 0.2) is 43.0 Å². The van der Waals surface area contributed by atoms with Crippen molar-refractivity contribution in [3.05, 3.63) is 54.1 Å². The van der Waals surface area contributed by atoms with Crippen LogP contribution in [0.3, 0.4) is 0 Å². The van der Waals surface area contributed by atoms with Crippen molar-refractivity contribution in [3.8, 4) is 0 Å². The van der Waals surface area contributed by atoms with E-state index >= 15 is 0 Å². The van der Waals surface area contributed by atoms with E-state index in [1.54, 1.807) is 0 Å². The van der Waals surface area contributed by atoms with Gasteiger partial charge in [0.2, 0.25) is 0 Å². The largest absolute Gasteiger partial charge is 0.0985 e. The Bertz CT molecular complexity index is 347. The van der Waals surface area contributed by atoms with E-state index in [0.29, 0.717) is 0 Å². The summed E-state index contributed by atoms with van der Waals surface area (Å²) in [5.74, 6) is 0. The normalized spacial score (nSPS) is 10.9. The van der Waals surface area contributed by atoms with Gasteiger partial charge in [0, 0.05) is 0 Å². The van der Waals surface area contributed by atoms with E-state index in [4.69, 9.17) is 0 Å². The molecule has 0 N–H and O–H groups in total. The van der Waals surface area contributed by atoms with Gasteiger partial charge >= 0.3 is 0 Å². The van der Waals surface area contributed by atoms with Crippen LogP contribution >= 0.6 is 0 Å². The summed E-state index contributed by atoms with van der Waals surface area (Å²) in [5, 5.41) is 0. The summed E-state index contributed by atoms with van der Waals surface area (Å²) >= 11 is 0. The van der Waals surface area contributed by atoms with Crippen LogP contribution in [0.1, 0.15) is 50.2 Å².